The van der Waals surface area contributed by atoms with E-state index in [1.165, 1.54) is 12.8 Å². The standard InChI is InChI=1S/C15H15N3O2.C4H8O/c1-10(19)18-8-7-12-13(9-18)14(16-17-15(12)20)11-5-3-2-4-6-11;1-2-4-5-3-1/h2-6H,7-9H2,1H3,(H,17,20);1-4H2. The second-order valence-electron chi connectivity index (χ2n) is 6.23. The van der Waals surface area contributed by atoms with Gasteiger partial charge in [-0.05, 0) is 19.3 Å². The lowest BCUT2D eigenvalue weighted by atomic mass is 9.96. The lowest BCUT2D eigenvalue weighted by Gasteiger charge is -2.28. The minimum Gasteiger partial charge on any atom is -0.381 e. The molecule has 0 radical (unpaired) electrons. The molecule has 0 spiro atoms. The summed E-state index contributed by atoms with van der Waals surface area (Å²) >= 11 is 0. The Balaban J connectivity index is 0.000000314. The first-order chi connectivity index (χ1) is 12.2. The van der Waals surface area contributed by atoms with Crippen molar-refractivity contribution in [1.29, 1.82) is 0 Å². The van der Waals surface area contributed by atoms with Gasteiger partial charge in [0.15, 0.2) is 0 Å². The molecular weight excluding hydrogens is 318 g/mol. The largest absolute Gasteiger partial charge is 0.381 e. The van der Waals surface area contributed by atoms with Crippen molar-refractivity contribution in [2.24, 2.45) is 0 Å². The van der Waals surface area contributed by atoms with Crippen LogP contribution in [0.3, 0.4) is 0 Å². The van der Waals surface area contributed by atoms with Gasteiger partial charge in [-0.3, -0.25) is 9.59 Å². The van der Waals surface area contributed by atoms with Crippen LogP contribution in [0.1, 0.15) is 30.9 Å². The molecule has 2 aliphatic rings. The van der Waals surface area contributed by atoms with E-state index in [1.54, 1.807) is 11.8 Å². The van der Waals surface area contributed by atoms with E-state index in [4.69, 9.17) is 4.74 Å². The third-order valence-electron chi connectivity index (χ3n) is 4.49. The number of hydrogen-bond donors (Lipinski definition) is 1. The molecule has 3 heterocycles. The molecular formula is C19H23N3O3. The molecule has 0 saturated carbocycles. The lowest BCUT2D eigenvalue weighted by molar-refractivity contribution is -0.129. The maximum atomic E-state index is 11.9. The summed E-state index contributed by atoms with van der Waals surface area (Å²) in [5.74, 6) is 0.0231. The number of carbonyl (C=O) groups is 1. The second-order valence-corrected chi connectivity index (χ2v) is 6.23. The van der Waals surface area contributed by atoms with Crippen LogP contribution in [0.15, 0.2) is 35.1 Å². The van der Waals surface area contributed by atoms with Crippen LogP contribution in [0.2, 0.25) is 0 Å². The SMILES string of the molecule is C1CCOC1.CC(=O)N1CCc2c(c(-c3ccccc3)n[nH]c2=O)C1. The molecule has 1 saturated heterocycles. The van der Waals surface area contributed by atoms with Crippen LogP contribution in [0.5, 0.6) is 0 Å². The lowest BCUT2D eigenvalue weighted by Crippen LogP contribution is -2.37. The zero-order chi connectivity index (χ0) is 17.6. The number of hydrogen-bond acceptors (Lipinski definition) is 4. The predicted octanol–water partition coefficient (Wildman–Crippen LogP) is 2.14. The van der Waals surface area contributed by atoms with Gasteiger partial charge in [0.05, 0.1) is 5.69 Å². The maximum Gasteiger partial charge on any atom is 0.267 e. The van der Waals surface area contributed by atoms with Gasteiger partial charge >= 0.3 is 0 Å². The number of ether oxygens (including phenoxy) is 1. The summed E-state index contributed by atoms with van der Waals surface area (Å²) in [4.78, 5) is 25.2. The van der Waals surface area contributed by atoms with Crippen molar-refractivity contribution >= 4 is 5.91 Å². The van der Waals surface area contributed by atoms with E-state index in [2.05, 4.69) is 10.2 Å². The molecule has 132 valence electrons. The Kier molecular flexibility index (Phi) is 5.60. The van der Waals surface area contributed by atoms with Crippen molar-refractivity contribution in [2.45, 2.75) is 32.7 Å². The summed E-state index contributed by atoms with van der Waals surface area (Å²) in [6, 6.07) is 9.70. The number of benzene rings is 1. The van der Waals surface area contributed by atoms with Crippen LogP contribution >= 0.6 is 0 Å². The second kappa shape index (κ2) is 8.07. The molecule has 1 amide bonds. The monoisotopic (exact) mass is 341 g/mol. The molecule has 2 aromatic rings. The van der Waals surface area contributed by atoms with Gasteiger partial charge in [-0.1, -0.05) is 30.3 Å². The average Bonchev–Trinajstić information content (AvgIpc) is 3.22. The fraction of sp³-hybridized carbons (Fsp3) is 0.421. The van der Waals surface area contributed by atoms with Gasteiger partial charge in [-0.15, -0.1) is 0 Å². The Morgan fingerprint density at radius 1 is 1.16 bits per heavy atom. The molecule has 0 unspecified atom stereocenters. The van der Waals surface area contributed by atoms with Crippen molar-refractivity contribution in [3.8, 4) is 11.3 Å². The fourth-order valence-electron chi connectivity index (χ4n) is 3.09. The molecule has 1 aromatic heterocycles. The zero-order valence-corrected chi connectivity index (χ0v) is 14.5. The number of nitrogens with one attached hydrogen (secondary N) is 1. The first-order valence-corrected chi connectivity index (χ1v) is 8.66. The van der Waals surface area contributed by atoms with Gasteiger partial charge in [0, 0.05) is 49.9 Å². The summed E-state index contributed by atoms with van der Waals surface area (Å²) < 4.78 is 4.94. The van der Waals surface area contributed by atoms with Gasteiger partial charge in [0.25, 0.3) is 5.56 Å². The van der Waals surface area contributed by atoms with Crippen LogP contribution < -0.4 is 5.56 Å². The molecule has 25 heavy (non-hydrogen) atoms. The molecule has 2 aliphatic heterocycles. The number of nitrogens with zero attached hydrogens (tertiary/aromatic N) is 2. The Hall–Kier alpha value is -2.47. The van der Waals surface area contributed by atoms with Crippen molar-refractivity contribution in [3.63, 3.8) is 0 Å². The van der Waals surface area contributed by atoms with Gasteiger partial charge < -0.3 is 9.64 Å². The number of fused-ring (bicyclic) bond motifs is 1. The molecule has 1 aromatic carbocycles. The Labute approximate surface area is 146 Å². The minimum absolute atomic E-state index is 0.0231. The number of rotatable bonds is 1. The summed E-state index contributed by atoms with van der Waals surface area (Å²) in [5.41, 5.74) is 3.16. The molecule has 0 bridgehead atoms. The minimum atomic E-state index is -0.150. The number of aromatic nitrogens is 2. The Morgan fingerprint density at radius 2 is 1.88 bits per heavy atom. The van der Waals surface area contributed by atoms with Crippen LogP contribution in [-0.2, 0) is 22.5 Å². The molecule has 6 heteroatoms. The van der Waals surface area contributed by atoms with E-state index in [9.17, 15) is 9.59 Å². The summed E-state index contributed by atoms with van der Waals surface area (Å²) in [6.45, 7) is 4.59. The fourth-order valence-corrected chi connectivity index (χ4v) is 3.09. The Morgan fingerprint density at radius 3 is 2.48 bits per heavy atom. The van der Waals surface area contributed by atoms with Crippen molar-refractivity contribution < 1.29 is 9.53 Å². The van der Waals surface area contributed by atoms with Gasteiger partial charge in [-0.2, -0.15) is 5.10 Å². The normalized spacial score (nSPS) is 16.0. The smallest absolute Gasteiger partial charge is 0.267 e. The molecule has 1 N–H and O–H groups in total. The van der Waals surface area contributed by atoms with Crippen molar-refractivity contribution in [3.05, 3.63) is 51.8 Å². The summed E-state index contributed by atoms with van der Waals surface area (Å²) in [5, 5.41) is 6.74. The molecule has 6 nitrogen and oxygen atoms in total. The molecule has 0 atom stereocenters. The zero-order valence-electron chi connectivity index (χ0n) is 14.5. The number of amides is 1. The van der Waals surface area contributed by atoms with Gasteiger partial charge in [0.2, 0.25) is 5.91 Å². The van der Waals surface area contributed by atoms with E-state index in [0.29, 0.717) is 19.5 Å². The summed E-state index contributed by atoms with van der Waals surface area (Å²) in [6.07, 6.45) is 3.13. The molecule has 1 fully saturated rings. The summed E-state index contributed by atoms with van der Waals surface area (Å²) in [7, 11) is 0. The highest BCUT2D eigenvalue weighted by molar-refractivity contribution is 5.74. The number of carbonyl (C=O) groups excluding carboxylic acids is 1. The van der Waals surface area contributed by atoms with Gasteiger partial charge in [-0.25, -0.2) is 5.10 Å². The quantitative estimate of drug-likeness (QED) is 0.862. The third kappa shape index (κ3) is 4.14. The third-order valence-corrected chi connectivity index (χ3v) is 4.49. The van der Waals surface area contributed by atoms with Crippen molar-refractivity contribution in [2.75, 3.05) is 19.8 Å². The maximum absolute atomic E-state index is 11.9. The highest BCUT2D eigenvalue weighted by Gasteiger charge is 2.24. The van der Waals surface area contributed by atoms with E-state index in [-0.39, 0.29) is 11.5 Å². The Bertz CT molecular complexity index is 775. The van der Waals surface area contributed by atoms with Gasteiger partial charge in [0.1, 0.15) is 0 Å². The van der Waals surface area contributed by atoms with Crippen LogP contribution in [0.25, 0.3) is 11.3 Å². The molecule has 0 aliphatic carbocycles. The first-order valence-electron chi connectivity index (χ1n) is 8.66. The average molecular weight is 341 g/mol. The highest BCUT2D eigenvalue weighted by Crippen LogP contribution is 2.26. The van der Waals surface area contributed by atoms with E-state index in [0.717, 1.165) is 35.6 Å². The topological polar surface area (TPSA) is 75.3 Å². The van der Waals surface area contributed by atoms with Crippen LogP contribution in [0, 0.1) is 0 Å². The van der Waals surface area contributed by atoms with E-state index >= 15 is 0 Å². The number of aromatic amines is 1. The van der Waals surface area contributed by atoms with Crippen molar-refractivity contribution in [1.82, 2.24) is 15.1 Å². The first kappa shape index (κ1) is 17.4. The van der Waals surface area contributed by atoms with E-state index in [1.807, 2.05) is 30.3 Å². The van der Waals surface area contributed by atoms with Crippen LogP contribution in [0.4, 0.5) is 0 Å². The molecule has 4 rings (SSSR count). The highest BCUT2D eigenvalue weighted by atomic mass is 16.5. The van der Waals surface area contributed by atoms with E-state index < -0.39 is 0 Å². The van der Waals surface area contributed by atoms with Crippen LogP contribution in [-0.4, -0.2) is 40.8 Å². The predicted molar refractivity (Wildman–Crippen MR) is 95.1 cm³/mol. The number of H-pyrrole nitrogens is 1.